The van der Waals surface area contributed by atoms with E-state index >= 15 is 0 Å². The van der Waals surface area contributed by atoms with Gasteiger partial charge < -0.3 is 4.74 Å². The van der Waals surface area contributed by atoms with Gasteiger partial charge >= 0.3 is 0 Å². The van der Waals surface area contributed by atoms with E-state index in [1.54, 1.807) is 48.2 Å². The van der Waals surface area contributed by atoms with Gasteiger partial charge in [-0.05, 0) is 64.5 Å². The molecule has 3 rings (SSSR count). The molecule has 3 aromatic rings. The van der Waals surface area contributed by atoms with Gasteiger partial charge in [0.15, 0.2) is 5.65 Å². The monoisotopic (exact) mass is 363 g/mol. The number of hydrogen-bond acceptors (Lipinski definition) is 4. The van der Waals surface area contributed by atoms with Gasteiger partial charge in [0.05, 0.1) is 7.11 Å². The number of ether oxygens (including phenoxy) is 1. The molecule has 0 aliphatic carbocycles. The van der Waals surface area contributed by atoms with Crippen molar-refractivity contribution in [3.63, 3.8) is 0 Å². The third-order valence-corrected chi connectivity index (χ3v) is 3.74. The predicted molar refractivity (Wildman–Crippen MR) is 84.4 cm³/mol. The maximum Gasteiger partial charge on any atom is 0.279 e. The highest BCUT2D eigenvalue weighted by molar-refractivity contribution is 9.10. The molecular weight excluding hydrogens is 354 g/mol. The van der Waals surface area contributed by atoms with Gasteiger partial charge in [0.2, 0.25) is 4.77 Å². The summed E-state index contributed by atoms with van der Waals surface area (Å²) < 4.78 is 9.12. The highest BCUT2D eigenvalue weighted by atomic mass is 79.9. The van der Waals surface area contributed by atoms with Crippen molar-refractivity contribution >= 4 is 39.7 Å². The molecule has 0 bridgehead atoms. The number of pyridine rings is 1. The molecule has 106 valence electrons. The molecular formula is C14H10BrN3O2S. The summed E-state index contributed by atoms with van der Waals surface area (Å²) in [5.41, 5.74) is 1.12. The lowest BCUT2D eigenvalue weighted by Gasteiger charge is -2.06. The van der Waals surface area contributed by atoms with Crippen molar-refractivity contribution in [2.45, 2.75) is 0 Å². The fourth-order valence-electron chi connectivity index (χ4n) is 1.98. The average molecular weight is 364 g/mol. The maximum absolute atomic E-state index is 12.6. The Labute approximate surface area is 133 Å². The number of benzene rings is 1. The number of rotatable bonds is 2. The minimum atomic E-state index is -0.242. The topological polar surface area (TPSA) is 48.5 Å². The molecule has 0 radical (unpaired) electrons. The van der Waals surface area contributed by atoms with E-state index in [4.69, 9.17) is 17.0 Å². The molecule has 2 aromatic heterocycles. The Kier molecular flexibility index (Phi) is 3.60. The van der Waals surface area contributed by atoms with Crippen molar-refractivity contribution in [3.8, 4) is 5.75 Å². The van der Waals surface area contributed by atoms with Crippen molar-refractivity contribution in [3.05, 3.63) is 57.4 Å². The van der Waals surface area contributed by atoms with Gasteiger partial charge in [0.25, 0.3) is 5.91 Å². The van der Waals surface area contributed by atoms with E-state index in [0.717, 1.165) is 4.47 Å². The standard InChI is InChI=1S/C14H10BrN3O2S/c1-20-11-5-2-9(3-6-11)13(19)18-14(21)16-12-7-4-10(15)8-17(12)18/h2-8H,1H3. The van der Waals surface area contributed by atoms with Crippen LogP contribution in [0.1, 0.15) is 10.4 Å². The first-order chi connectivity index (χ1) is 10.1. The molecule has 7 heteroatoms. The molecule has 0 saturated carbocycles. The van der Waals surface area contributed by atoms with Crippen molar-refractivity contribution in [2.75, 3.05) is 7.11 Å². The van der Waals surface area contributed by atoms with Crippen LogP contribution in [0, 0.1) is 4.77 Å². The summed E-state index contributed by atoms with van der Waals surface area (Å²) in [4.78, 5) is 16.8. The second-order valence-electron chi connectivity index (χ2n) is 4.29. The van der Waals surface area contributed by atoms with Gasteiger partial charge in [0, 0.05) is 16.2 Å². The van der Waals surface area contributed by atoms with Crippen LogP contribution in [-0.2, 0) is 0 Å². The third kappa shape index (κ3) is 2.50. The van der Waals surface area contributed by atoms with Crippen LogP contribution in [0.25, 0.3) is 5.65 Å². The average Bonchev–Trinajstić information content (AvgIpc) is 2.82. The Bertz CT molecular complexity index is 883. The molecule has 1 aromatic carbocycles. The Morgan fingerprint density at radius 2 is 1.95 bits per heavy atom. The van der Waals surface area contributed by atoms with Crippen LogP contribution in [0.3, 0.4) is 0 Å². The fourth-order valence-corrected chi connectivity index (χ4v) is 2.57. The Hall–Kier alpha value is -1.99. The molecule has 0 N–H and O–H groups in total. The Balaban J connectivity index is 2.14. The van der Waals surface area contributed by atoms with E-state index in [1.807, 2.05) is 6.07 Å². The van der Waals surface area contributed by atoms with Gasteiger partial charge in [-0.2, -0.15) is 9.67 Å². The second-order valence-corrected chi connectivity index (χ2v) is 5.57. The predicted octanol–water partition coefficient (Wildman–Crippen LogP) is 3.32. The van der Waals surface area contributed by atoms with E-state index in [0.29, 0.717) is 17.0 Å². The van der Waals surface area contributed by atoms with E-state index in [9.17, 15) is 4.79 Å². The zero-order valence-electron chi connectivity index (χ0n) is 11.0. The van der Waals surface area contributed by atoms with Gasteiger partial charge in [0.1, 0.15) is 5.75 Å². The number of aromatic nitrogens is 3. The number of hydrogen-bond donors (Lipinski definition) is 0. The van der Waals surface area contributed by atoms with E-state index in [-0.39, 0.29) is 10.7 Å². The first-order valence-electron chi connectivity index (χ1n) is 6.06. The van der Waals surface area contributed by atoms with E-state index in [2.05, 4.69) is 20.9 Å². The van der Waals surface area contributed by atoms with Crippen LogP contribution in [0.5, 0.6) is 5.75 Å². The van der Waals surface area contributed by atoms with Gasteiger partial charge in [-0.15, -0.1) is 0 Å². The number of carbonyl (C=O) groups excluding carboxylic acids is 1. The Morgan fingerprint density at radius 1 is 1.24 bits per heavy atom. The zero-order valence-corrected chi connectivity index (χ0v) is 13.4. The summed E-state index contributed by atoms with van der Waals surface area (Å²) in [6.45, 7) is 0. The Morgan fingerprint density at radius 3 is 2.62 bits per heavy atom. The zero-order chi connectivity index (χ0) is 15.0. The number of carbonyl (C=O) groups is 1. The summed E-state index contributed by atoms with van der Waals surface area (Å²) >= 11 is 8.57. The lowest BCUT2D eigenvalue weighted by Crippen LogP contribution is -2.17. The maximum atomic E-state index is 12.6. The van der Waals surface area contributed by atoms with Crippen LogP contribution in [-0.4, -0.2) is 27.2 Å². The normalized spacial score (nSPS) is 10.8. The summed E-state index contributed by atoms with van der Waals surface area (Å²) in [5.74, 6) is 0.448. The van der Waals surface area contributed by atoms with Gasteiger partial charge in [-0.25, -0.2) is 4.52 Å². The smallest absolute Gasteiger partial charge is 0.279 e. The van der Waals surface area contributed by atoms with Gasteiger partial charge in [-0.3, -0.25) is 4.79 Å². The van der Waals surface area contributed by atoms with E-state index in [1.165, 1.54) is 4.68 Å². The third-order valence-electron chi connectivity index (χ3n) is 3.01. The SMILES string of the molecule is COc1ccc(C(=O)n2c(=S)nc3ccc(Br)cn32)cc1. The van der Waals surface area contributed by atoms with E-state index < -0.39 is 0 Å². The molecule has 0 aliphatic heterocycles. The lowest BCUT2D eigenvalue weighted by atomic mass is 10.2. The summed E-state index contributed by atoms with van der Waals surface area (Å²) in [6, 6.07) is 10.5. The lowest BCUT2D eigenvalue weighted by molar-refractivity contribution is 0.0938. The first kappa shape index (κ1) is 14.0. The quantitative estimate of drug-likeness (QED) is 0.655. The van der Waals surface area contributed by atoms with Crippen molar-refractivity contribution < 1.29 is 9.53 Å². The largest absolute Gasteiger partial charge is 0.497 e. The van der Waals surface area contributed by atoms with Crippen molar-refractivity contribution in [1.82, 2.24) is 14.2 Å². The summed E-state index contributed by atoms with van der Waals surface area (Å²) in [6.07, 6.45) is 1.75. The molecule has 21 heavy (non-hydrogen) atoms. The molecule has 0 spiro atoms. The van der Waals surface area contributed by atoms with Crippen LogP contribution in [0.15, 0.2) is 47.1 Å². The highest BCUT2D eigenvalue weighted by Gasteiger charge is 2.14. The molecule has 0 fully saturated rings. The molecule has 0 atom stereocenters. The van der Waals surface area contributed by atoms with Crippen LogP contribution in [0.4, 0.5) is 0 Å². The number of nitrogens with zero attached hydrogens (tertiary/aromatic N) is 3. The minimum absolute atomic E-state index is 0.217. The highest BCUT2D eigenvalue weighted by Crippen LogP contribution is 2.15. The summed E-state index contributed by atoms with van der Waals surface area (Å²) in [7, 11) is 1.58. The molecule has 5 nitrogen and oxygen atoms in total. The fraction of sp³-hybridized carbons (Fsp3) is 0.0714. The summed E-state index contributed by atoms with van der Waals surface area (Å²) in [5, 5.41) is 0. The van der Waals surface area contributed by atoms with Crippen LogP contribution in [0.2, 0.25) is 0 Å². The molecule has 2 heterocycles. The van der Waals surface area contributed by atoms with Crippen molar-refractivity contribution in [2.24, 2.45) is 0 Å². The molecule has 0 unspecified atom stereocenters. The number of methoxy groups -OCH3 is 1. The number of fused-ring (bicyclic) bond motifs is 1. The first-order valence-corrected chi connectivity index (χ1v) is 7.26. The molecule has 0 amide bonds. The van der Waals surface area contributed by atoms with Crippen LogP contribution < -0.4 is 4.74 Å². The van der Waals surface area contributed by atoms with Gasteiger partial charge in [-0.1, -0.05) is 0 Å². The van der Waals surface area contributed by atoms with Crippen molar-refractivity contribution in [1.29, 1.82) is 0 Å². The molecule has 0 saturated heterocycles. The second kappa shape index (κ2) is 5.42. The van der Waals surface area contributed by atoms with Crippen LogP contribution >= 0.6 is 28.1 Å². The minimum Gasteiger partial charge on any atom is -0.497 e. The molecule has 0 aliphatic rings. The number of halogens is 1.